The molecular formula is C18H26O4. The normalized spacial score (nSPS) is 16.5. The summed E-state index contributed by atoms with van der Waals surface area (Å²) in [5.41, 5.74) is 2.24. The zero-order chi connectivity index (χ0) is 16.9. The van der Waals surface area contributed by atoms with Crippen LogP contribution >= 0.6 is 0 Å². The van der Waals surface area contributed by atoms with Crippen LogP contribution in [0, 0.1) is 11.8 Å². The molecule has 0 bridgehead atoms. The standard InChI is InChI=1S/C18H26O4/c1-11(9-13(3)17(19)20)15-5-7-16(8-6-15)12(2)10-14(4)18(21)22/h5-8,11-14H,9-10H2,1-4H3,(H,19,20)(H,21,22). The van der Waals surface area contributed by atoms with Gasteiger partial charge in [-0.2, -0.15) is 0 Å². The Kier molecular flexibility index (Phi) is 6.60. The van der Waals surface area contributed by atoms with Crippen molar-refractivity contribution in [1.29, 1.82) is 0 Å². The van der Waals surface area contributed by atoms with Gasteiger partial charge in [0.2, 0.25) is 0 Å². The Bertz CT molecular complexity index is 459. The Balaban J connectivity index is 2.69. The second-order valence-electron chi connectivity index (χ2n) is 6.42. The maximum atomic E-state index is 10.9. The molecule has 0 spiro atoms. The van der Waals surface area contributed by atoms with Crippen LogP contribution in [0.15, 0.2) is 24.3 Å². The molecule has 0 saturated carbocycles. The lowest BCUT2D eigenvalue weighted by molar-refractivity contribution is -0.142. The molecule has 22 heavy (non-hydrogen) atoms. The fourth-order valence-electron chi connectivity index (χ4n) is 2.69. The summed E-state index contributed by atoms with van der Waals surface area (Å²) in [6, 6.07) is 8.10. The molecule has 0 heterocycles. The predicted molar refractivity (Wildman–Crippen MR) is 86.1 cm³/mol. The molecule has 4 unspecified atom stereocenters. The zero-order valence-corrected chi connectivity index (χ0v) is 13.7. The number of carboxylic acids is 2. The first kappa shape index (κ1) is 18.2. The summed E-state index contributed by atoms with van der Waals surface area (Å²) < 4.78 is 0. The number of aliphatic carboxylic acids is 2. The summed E-state index contributed by atoms with van der Waals surface area (Å²) in [4.78, 5) is 21.8. The molecular weight excluding hydrogens is 280 g/mol. The number of carboxylic acid groups (broad SMARTS) is 2. The van der Waals surface area contributed by atoms with Gasteiger partial charge in [0.15, 0.2) is 0 Å². The highest BCUT2D eigenvalue weighted by Crippen LogP contribution is 2.27. The van der Waals surface area contributed by atoms with Crippen LogP contribution in [0.1, 0.15) is 63.5 Å². The van der Waals surface area contributed by atoms with Gasteiger partial charge in [0.05, 0.1) is 11.8 Å². The molecule has 0 aliphatic heterocycles. The molecule has 0 aromatic heterocycles. The van der Waals surface area contributed by atoms with Gasteiger partial charge in [0.25, 0.3) is 0 Å². The number of carbonyl (C=O) groups is 2. The molecule has 1 aromatic carbocycles. The molecule has 2 N–H and O–H groups in total. The average molecular weight is 306 g/mol. The van der Waals surface area contributed by atoms with E-state index in [1.165, 1.54) is 0 Å². The monoisotopic (exact) mass is 306 g/mol. The van der Waals surface area contributed by atoms with E-state index in [2.05, 4.69) is 0 Å². The number of hydrogen-bond donors (Lipinski definition) is 2. The molecule has 0 aliphatic carbocycles. The third kappa shape index (κ3) is 5.17. The van der Waals surface area contributed by atoms with Gasteiger partial charge in [-0.15, -0.1) is 0 Å². The Morgan fingerprint density at radius 2 is 1.05 bits per heavy atom. The summed E-state index contributed by atoms with van der Waals surface area (Å²) in [7, 11) is 0. The Morgan fingerprint density at radius 1 is 0.773 bits per heavy atom. The molecule has 0 saturated heterocycles. The van der Waals surface area contributed by atoms with E-state index in [1.54, 1.807) is 13.8 Å². The second-order valence-corrected chi connectivity index (χ2v) is 6.42. The first-order chi connectivity index (χ1) is 10.2. The summed E-state index contributed by atoms with van der Waals surface area (Å²) in [5, 5.41) is 18.0. The van der Waals surface area contributed by atoms with Crippen molar-refractivity contribution in [1.82, 2.24) is 0 Å². The number of hydrogen-bond acceptors (Lipinski definition) is 2. The van der Waals surface area contributed by atoms with Gasteiger partial charge in [0, 0.05) is 0 Å². The van der Waals surface area contributed by atoms with Gasteiger partial charge in [-0.05, 0) is 35.8 Å². The Labute approximate surface area is 132 Å². The van der Waals surface area contributed by atoms with E-state index >= 15 is 0 Å². The van der Waals surface area contributed by atoms with E-state index < -0.39 is 11.9 Å². The first-order valence-corrected chi connectivity index (χ1v) is 7.77. The SMILES string of the molecule is CC(CC(C)c1ccc(C(C)CC(C)C(=O)O)cc1)C(=O)O. The highest BCUT2D eigenvalue weighted by atomic mass is 16.4. The van der Waals surface area contributed by atoms with Crippen molar-refractivity contribution in [2.75, 3.05) is 0 Å². The molecule has 1 aromatic rings. The van der Waals surface area contributed by atoms with Crippen LogP contribution in [-0.2, 0) is 9.59 Å². The molecule has 4 atom stereocenters. The first-order valence-electron chi connectivity index (χ1n) is 7.77. The molecule has 0 radical (unpaired) electrons. The van der Waals surface area contributed by atoms with Gasteiger partial charge in [-0.3, -0.25) is 9.59 Å². The van der Waals surface area contributed by atoms with E-state index in [4.69, 9.17) is 10.2 Å². The van der Waals surface area contributed by atoms with Gasteiger partial charge in [-0.1, -0.05) is 52.0 Å². The predicted octanol–water partition coefficient (Wildman–Crippen LogP) is 4.12. The molecule has 0 aliphatic rings. The van der Waals surface area contributed by atoms with E-state index in [1.807, 2.05) is 38.1 Å². The summed E-state index contributed by atoms with van der Waals surface area (Å²) in [6.45, 7) is 7.51. The van der Waals surface area contributed by atoms with Crippen molar-refractivity contribution in [2.24, 2.45) is 11.8 Å². The largest absolute Gasteiger partial charge is 0.481 e. The van der Waals surface area contributed by atoms with Crippen LogP contribution in [0.25, 0.3) is 0 Å². The summed E-state index contributed by atoms with van der Waals surface area (Å²) in [5.74, 6) is -1.86. The molecule has 0 amide bonds. The van der Waals surface area contributed by atoms with Gasteiger partial charge in [-0.25, -0.2) is 0 Å². The minimum Gasteiger partial charge on any atom is -0.481 e. The van der Waals surface area contributed by atoms with Crippen molar-refractivity contribution >= 4 is 11.9 Å². The summed E-state index contributed by atoms with van der Waals surface area (Å²) in [6.07, 6.45) is 1.22. The minimum atomic E-state index is -0.764. The fraction of sp³-hybridized carbons (Fsp3) is 0.556. The van der Waals surface area contributed by atoms with Gasteiger partial charge < -0.3 is 10.2 Å². The highest BCUT2D eigenvalue weighted by molar-refractivity contribution is 5.69. The van der Waals surface area contributed by atoms with Crippen LogP contribution in [0.5, 0.6) is 0 Å². The van der Waals surface area contributed by atoms with Crippen LogP contribution in [0.3, 0.4) is 0 Å². The molecule has 4 heteroatoms. The topological polar surface area (TPSA) is 74.6 Å². The van der Waals surface area contributed by atoms with Crippen LogP contribution < -0.4 is 0 Å². The molecule has 1 rings (SSSR count). The van der Waals surface area contributed by atoms with Crippen molar-refractivity contribution in [3.05, 3.63) is 35.4 Å². The Morgan fingerprint density at radius 3 is 1.27 bits per heavy atom. The lowest BCUT2D eigenvalue weighted by Gasteiger charge is -2.18. The highest BCUT2D eigenvalue weighted by Gasteiger charge is 2.18. The van der Waals surface area contributed by atoms with Crippen molar-refractivity contribution in [3.8, 4) is 0 Å². The second kappa shape index (κ2) is 7.97. The van der Waals surface area contributed by atoms with Crippen molar-refractivity contribution in [2.45, 2.75) is 52.4 Å². The lowest BCUT2D eigenvalue weighted by atomic mass is 9.87. The van der Waals surface area contributed by atoms with E-state index in [0.29, 0.717) is 12.8 Å². The summed E-state index contributed by atoms with van der Waals surface area (Å²) >= 11 is 0. The molecule has 4 nitrogen and oxygen atoms in total. The van der Waals surface area contributed by atoms with Crippen molar-refractivity contribution < 1.29 is 19.8 Å². The van der Waals surface area contributed by atoms with Crippen molar-refractivity contribution in [3.63, 3.8) is 0 Å². The quantitative estimate of drug-likeness (QED) is 0.757. The lowest BCUT2D eigenvalue weighted by Crippen LogP contribution is -2.13. The smallest absolute Gasteiger partial charge is 0.306 e. The third-order valence-corrected chi connectivity index (χ3v) is 4.33. The average Bonchev–Trinajstić information content (AvgIpc) is 2.46. The minimum absolute atomic E-state index is 0.188. The Hall–Kier alpha value is -1.84. The van der Waals surface area contributed by atoms with Crippen LogP contribution in [0.4, 0.5) is 0 Å². The molecule has 0 fully saturated rings. The maximum absolute atomic E-state index is 10.9. The maximum Gasteiger partial charge on any atom is 0.306 e. The van der Waals surface area contributed by atoms with Crippen LogP contribution in [0.2, 0.25) is 0 Å². The number of rotatable bonds is 8. The fourth-order valence-corrected chi connectivity index (χ4v) is 2.69. The van der Waals surface area contributed by atoms with E-state index in [9.17, 15) is 9.59 Å². The van der Waals surface area contributed by atoms with Gasteiger partial charge in [0.1, 0.15) is 0 Å². The van der Waals surface area contributed by atoms with Crippen LogP contribution in [-0.4, -0.2) is 22.2 Å². The zero-order valence-electron chi connectivity index (χ0n) is 13.7. The number of benzene rings is 1. The van der Waals surface area contributed by atoms with E-state index in [0.717, 1.165) is 11.1 Å². The third-order valence-electron chi connectivity index (χ3n) is 4.33. The van der Waals surface area contributed by atoms with E-state index in [-0.39, 0.29) is 23.7 Å². The van der Waals surface area contributed by atoms with Gasteiger partial charge >= 0.3 is 11.9 Å². The molecule has 122 valence electrons.